The van der Waals surface area contributed by atoms with Crippen LogP contribution in [-0.4, -0.2) is 46.7 Å². The SMILES string of the molecule is CNc1nccnc1C1CN(c2ccncn2)CCO1. The Morgan fingerprint density at radius 1 is 1.25 bits per heavy atom. The lowest BCUT2D eigenvalue weighted by Crippen LogP contribution is -2.39. The van der Waals surface area contributed by atoms with Gasteiger partial charge in [-0.15, -0.1) is 0 Å². The third-order valence-electron chi connectivity index (χ3n) is 3.23. The van der Waals surface area contributed by atoms with Gasteiger partial charge in [0.2, 0.25) is 0 Å². The first-order valence-electron chi connectivity index (χ1n) is 6.49. The van der Waals surface area contributed by atoms with E-state index < -0.39 is 0 Å². The smallest absolute Gasteiger partial charge is 0.150 e. The molecular weight excluding hydrogens is 256 g/mol. The molecule has 1 aliphatic rings. The molecule has 104 valence electrons. The minimum absolute atomic E-state index is 0.116. The zero-order valence-corrected chi connectivity index (χ0v) is 11.2. The zero-order chi connectivity index (χ0) is 13.8. The molecule has 7 nitrogen and oxygen atoms in total. The van der Waals surface area contributed by atoms with E-state index in [1.54, 1.807) is 24.9 Å². The highest BCUT2D eigenvalue weighted by Gasteiger charge is 2.26. The van der Waals surface area contributed by atoms with Gasteiger partial charge in [-0.1, -0.05) is 0 Å². The Kier molecular flexibility index (Phi) is 3.69. The van der Waals surface area contributed by atoms with Gasteiger partial charge in [0.05, 0.1) is 13.2 Å². The van der Waals surface area contributed by atoms with Crippen LogP contribution in [0, 0.1) is 0 Å². The van der Waals surface area contributed by atoms with Crippen molar-refractivity contribution in [2.75, 3.05) is 37.0 Å². The molecule has 0 aliphatic carbocycles. The second-order valence-corrected chi connectivity index (χ2v) is 4.41. The van der Waals surface area contributed by atoms with E-state index in [0.717, 1.165) is 23.9 Å². The molecule has 3 heterocycles. The van der Waals surface area contributed by atoms with Gasteiger partial charge < -0.3 is 15.0 Å². The highest BCUT2D eigenvalue weighted by atomic mass is 16.5. The van der Waals surface area contributed by atoms with Gasteiger partial charge in [-0.05, 0) is 6.07 Å². The van der Waals surface area contributed by atoms with Gasteiger partial charge in [-0.25, -0.2) is 15.0 Å². The standard InChI is InChI=1S/C13H16N6O/c1-14-13-12(16-4-5-17-13)10-8-19(6-7-20-10)11-2-3-15-9-18-11/h2-5,9-10H,6-8H2,1H3,(H,14,17). The van der Waals surface area contributed by atoms with Crippen molar-refractivity contribution >= 4 is 11.6 Å². The molecule has 7 heteroatoms. The van der Waals surface area contributed by atoms with Crippen LogP contribution in [0.15, 0.2) is 31.0 Å². The van der Waals surface area contributed by atoms with E-state index in [2.05, 4.69) is 30.2 Å². The average Bonchev–Trinajstić information content (AvgIpc) is 2.56. The van der Waals surface area contributed by atoms with Gasteiger partial charge in [0.15, 0.2) is 0 Å². The molecule has 20 heavy (non-hydrogen) atoms. The van der Waals surface area contributed by atoms with Crippen LogP contribution in [0.2, 0.25) is 0 Å². The molecular formula is C13H16N6O. The third kappa shape index (κ3) is 2.53. The molecule has 0 bridgehead atoms. The fourth-order valence-corrected chi connectivity index (χ4v) is 2.27. The normalized spacial score (nSPS) is 18.9. The maximum atomic E-state index is 5.83. The molecule has 1 saturated heterocycles. The Balaban J connectivity index is 1.82. The maximum absolute atomic E-state index is 5.83. The van der Waals surface area contributed by atoms with Crippen molar-refractivity contribution in [3.8, 4) is 0 Å². The van der Waals surface area contributed by atoms with Gasteiger partial charge in [0, 0.05) is 32.2 Å². The first kappa shape index (κ1) is 12.7. The van der Waals surface area contributed by atoms with Crippen molar-refractivity contribution in [1.29, 1.82) is 0 Å². The summed E-state index contributed by atoms with van der Waals surface area (Å²) >= 11 is 0. The Morgan fingerprint density at radius 3 is 2.95 bits per heavy atom. The van der Waals surface area contributed by atoms with Crippen molar-refractivity contribution in [1.82, 2.24) is 19.9 Å². The molecule has 0 aromatic carbocycles. The minimum atomic E-state index is -0.116. The van der Waals surface area contributed by atoms with Crippen LogP contribution in [0.3, 0.4) is 0 Å². The molecule has 2 aromatic heterocycles. The molecule has 1 unspecified atom stereocenters. The second-order valence-electron chi connectivity index (χ2n) is 4.41. The highest BCUT2D eigenvalue weighted by Crippen LogP contribution is 2.26. The van der Waals surface area contributed by atoms with Gasteiger partial charge in [-0.3, -0.25) is 4.98 Å². The number of hydrogen-bond acceptors (Lipinski definition) is 7. The minimum Gasteiger partial charge on any atom is -0.372 e. The van der Waals surface area contributed by atoms with Crippen LogP contribution in [0.5, 0.6) is 0 Å². The largest absolute Gasteiger partial charge is 0.372 e. The topological polar surface area (TPSA) is 76.1 Å². The molecule has 2 aromatic rings. The Labute approximate surface area is 117 Å². The number of ether oxygens (including phenoxy) is 1. The van der Waals surface area contributed by atoms with E-state index in [1.165, 1.54) is 0 Å². The molecule has 0 radical (unpaired) electrons. The summed E-state index contributed by atoms with van der Waals surface area (Å²) in [7, 11) is 1.83. The van der Waals surface area contributed by atoms with E-state index >= 15 is 0 Å². The molecule has 0 spiro atoms. The van der Waals surface area contributed by atoms with Crippen molar-refractivity contribution in [3.05, 3.63) is 36.7 Å². The first-order valence-corrected chi connectivity index (χ1v) is 6.49. The number of hydrogen-bond donors (Lipinski definition) is 1. The predicted octanol–water partition coefficient (Wildman–Crippen LogP) is 0.886. The molecule has 1 aliphatic heterocycles. The van der Waals surface area contributed by atoms with E-state index in [4.69, 9.17) is 4.74 Å². The molecule has 1 fully saturated rings. The fourth-order valence-electron chi connectivity index (χ4n) is 2.27. The van der Waals surface area contributed by atoms with Crippen molar-refractivity contribution in [2.45, 2.75) is 6.10 Å². The summed E-state index contributed by atoms with van der Waals surface area (Å²) in [5, 5.41) is 3.05. The lowest BCUT2D eigenvalue weighted by molar-refractivity contribution is 0.0370. The number of nitrogens with one attached hydrogen (secondary N) is 1. The summed E-state index contributed by atoms with van der Waals surface area (Å²) in [5.74, 6) is 1.66. The van der Waals surface area contributed by atoms with E-state index in [9.17, 15) is 0 Å². The zero-order valence-electron chi connectivity index (χ0n) is 11.2. The van der Waals surface area contributed by atoms with Crippen LogP contribution in [0.25, 0.3) is 0 Å². The van der Waals surface area contributed by atoms with Crippen LogP contribution >= 0.6 is 0 Å². The molecule has 0 amide bonds. The quantitative estimate of drug-likeness (QED) is 0.889. The van der Waals surface area contributed by atoms with Crippen LogP contribution in [0.1, 0.15) is 11.8 Å². The lowest BCUT2D eigenvalue weighted by Gasteiger charge is -2.33. The number of aromatic nitrogens is 4. The first-order chi connectivity index (χ1) is 9.88. The number of nitrogens with zero attached hydrogens (tertiary/aromatic N) is 5. The Hall–Kier alpha value is -2.28. The second kappa shape index (κ2) is 5.79. The summed E-state index contributed by atoms with van der Waals surface area (Å²) in [6.45, 7) is 2.14. The summed E-state index contributed by atoms with van der Waals surface area (Å²) < 4.78 is 5.83. The van der Waals surface area contributed by atoms with E-state index in [1.807, 2.05) is 13.1 Å². The van der Waals surface area contributed by atoms with Crippen LogP contribution in [-0.2, 0) is 4.74 Å². The van der Waals surface area contributed by atoms with Gasteiger partial charge in [-0.2, -0.15) is 0 Å². The average molecular weight is 272 g/mol. The number of rotatable bonds is 3. The third-order valence-corrected chi connectivity index (χ3v) is 3.23. The van der Waals surface area contributed by atoms with E-state index in [0.29, 0.717) is 13.2 Å². The molecule has 3 rings (SSSR count). The maximum Gasteiger partial charge on any atom is 0.150 e. The van der Waals surface area contributed by atoms with Crippen molar-refractivity contribution in [2.24, 2.45) is 0 Å². The number of morpholine rings is 1. The van der Waals surface area contributed by atoms with Crippen LogP contribution < -0.4 is 10.2 Å². The molecule has 1 atom stereocenters. The monoisotopic (exact) mass is 272 g/mol. The summed E-state index contributed by atoms with van der Waals surface area (Å²) in [6.07, 6.45) is 6.54. The summed E-state index contributed by atoms with van der Waals surface area (Å²) in [4.78, 5) is 19.1. The Bertz CT molecular complexity index is 564. The Morgan fingerprint density at radius 2 is 2.15 bits per heavy atom. The molecule has 0 saturated carbocycles. The lowest BCUT2D eigenvalue weighted by atomic mass is 10.2. The van der Waals surface area contributed by atoms with Crippen molar-refractivity contribution in [3.63, 3.8) is 0 Å². The summed E-state index contributed by atoms with van der Waals surface area (Å²) in [5.41, 5.74) is 0.828. The van der Waals surface area contributed by atoms with Gasteiger partial charge in [0.25, 0.3) is 0 Å². The number of anilines is 2. The molecule has 1 N–H and O–H groups in total. The van der Waals surface area contributed by atoms with Gasteiger partial charge in [0.1, 0.15) is 29.8 Å². The summed E-state index contributed by atoms with van der Waals surface area (Å²) in [6, 6.07) is 1.90. The predicted molar refractivity (Wildman–Crippen MR) is 74.5 cm³/mol. The van der Waals surface area contributed by atoms with Crippen molar-refractivity contribution < 1.29 is 4.74 Å². The van der Waals surface area contributed by atoms with Crippen LogP contribution in [0.4, 0.5) is 11.6 Å². The van der Waals surface area contributed by atoms with Gasteiger partial charge >= 0.3 is 0 Å². The fraction of sp³-hybridized carbons (Fsp3) is 0.385. The highest BCUT2D eigenvalue weighted by molar-refractivity contribution is 5.43. The van der Waals surface area contributed by atoms with E-state index in [-0.39, 0.29) is 6.10 Å².